The Kier molecular flexibility index (Phi) is 6.53. The third kappa shape index (κ3) is 5.52. The van der Waals surface area contributed by atoms with Gasteiger partial charge in [-0.1, -0.05) is 18.7 Å². The second-order valence-corrected chi connectivity index (χ2v) is 6.95. The minimum atomic E-state index is -4.66. The third-order valence-electron chi connectivity index (χ3n) is 4.60. The number of nitrogens with zero attached hydrogens (tertiary/aromatic N) is 1. The molecule has 1 aliphatic heterocycles. The van der Waals surface area contributed by atoms with Crippen LogP contribution in [0.15, 0.2) is 52.4 Å². The van der Waals surface area contributed by atoms with Gasteiger partial charge < -0.3 is 9.73 Å². The van der Waals surface area contributed by atoms with E-state index in [1.807, 2.05) is 5.32 Å². The molecule has 176 valence electrons. The largest absolute Gasteiger partial charge is 0.456 e. The first-order valence-corrected chi connectivity index (χ1v) is 9.39. The number of halogens is 8. The van der Waals surface area contributed by atoms with E-state index in [9.17, 15) is 35.1 Å². The number of rotatable bonds is 5. The van der Waals surface area contributed by atoms with Crippen LogP contribution in [0.1, 0.15) is 12.5 Å². The van der Waals surface area contributed by atoms with E-state index in [-0.39, 0.29) is 27.9 Å². The predicted octanol–water partition coefficient (Wildman–Crippen LogP) is 6.84. The van der Waals surface area contributed by atoms with Crippen molar-refractivity contribution in [1.82, 2.24) is 0 Å². The van der Waals surface area contributed by atoms with E-state index < -0.39 is 48.1 Å². The van der Waals surface area contributed by atoms with Gasteiger partial charge in [-0.05, 0) is 24.6 Å². The summed E-state index contributed by atoms with van der Waals surface area (Å²) < 4.78 is 110. The highest BCUT2D eigenvalue weighted by molar-refractivity contribution is 6.01. The van der Waals surface area contributed by atoms with Crippen molar-refractivity contribution in [3.8, 4) is 11.3 Å². The minimum absolute atomic E-state index is 0.0850. The summed E-state index contributed by atoms with van der Waals surface area (Å²) in [5.74, 6) is -2.18. The average Bonchev–Trinajstić information content (AvgIpc) is 2.70. The number of allylic oxidation sites excluding steroid dienone is 3. The van der Waals surface area contributed by atoms with Crippen molar-refractivity contribution >= 4 is 22.2 Å². The molecule has 2 aliphatic rings. The van der Waals surface area contributed by atoms with Gasteiger partial charge in [0.1, 0.15) is 36.1 Å². The summed E-state index contributed by atoms with van der Waals surface area (Å²) in [6, 6.07) is 3.77. The molecule has 3 nitrogen and oxygen atoms in total. The van der Waals surface area contributed by atoms with Gasteiger partial charge in [0.25, 0.3) is 0 Å². The molecule has 0 spiro atoms. The number of nitrogens with one attached hydrogen (secondary N) is 1. The number of alkyl halides is 6. The van der Waals surface area contributed by atoms with Crippen molar-refractivity contribution in [2.24, 2.45) is 4.99 Å². The van der Waals surface area contributed by atoms with Crippen LogP contribution in [-0.2, 0) is 0 Å². The topological polar surface area (TPSA) is 37.5 Å². The molecule has 3 rings (SSSR count). The van der Waals surface area contributed by atoms with E-state index >= 15 is 0 Å². The van der Waals surface area contributed by atoms with Crippen molar-refractivity contribution < 1.29 is 39.5 Å². The van der Waals surface area contributed by atoms with Crippen LogP contribution >= 0.6 is 0 Å². The summed E-state index contributed by atoms with van der Waals surface area (Å²) in [7, 11) is 0. The van der Waals surface area contributed by atoms with E-state index in [2.05, 4.69) is 11.6 Å². The minimum Gasteiger partial charge on any atom is -0.456 e. The molecule has 0 saturated heterocycles. The van der Waals surface area contributed by atoms with Gasteiger partial charge in [-0.25, -0.2) is 8.78 Å². The Morgan fingerprint density at radius 2 is 1.73 bits per heavy atom. The van der Waals surface area contributed by atoms with Crippen molar-refractivity contribution in [2.45, 2.75) is 19.3 Å². The van der Waals surface area contributed by atoms with Crippen molar-refractivity contribution in [1.29, 1.82) is 0 Å². The normalized spacial score (nSPS) is 13.7. The highest BCUT2D eigenvalue weighted by atomic mass is 19.4. The van der Waals surface area contributed by atoms with Crippen LogP contribution in [-0.4, -0.2) is 25.4 Å². The van der Waals surface area contributed by atoms with Crippen LogP contribution in [0.5, 0.6) is 0 Å². The molecule has 1 heterocycles. The molecule has 0 saturated carbocycles. The summed E-state index contributed by atoms with van der Waals surface area (Å²) >= 11 is 0. The summed E-state index contributed by atoms with van der Waals surface area (Å²) in [5.41, 5.74) is 0.160. The van der Waals surface area contributed by atoms with Crippen LogP contribution in [0, 0.1) is 11.6 Å². The number of hydrogen-bond acceptors (Lipinski definition) is 3. The molecule has 0 amide bonds. The Labute approximate surface area is 182 Å². The smallest absolute Gasteiger partial charge is 0.407 e. The molecule has 33 heavy (non-hydrogen) atoms. The van der Waals surface area contributed by atoms with Gasteiger partial charge in [-0.2, -0.15) is 26.3 Å². The van der Waals surface area contributed by atoms with E-state index in [1.165, 1.54) is 6.08 Å². The molecule has 1 aliphatic carbocycles. The Hall–Kier alpha value is -3.37. The molecule has 0 unspecified atom stereocenters. The monoisotopic (exact) mass is 476 g/mol. The quantitative estimate of drug-likeness (QED) is 0.249. The number of fused-ring (bicyclic) bond motifs is 2. The van der Waals surface area contributed by atoms with E-state index in [0.29, 0.717) is 5.57 Å². The highest BCUT2D eigenvalue weighted by Gasteiger charge is 2.28. The summed E-state index contributed by atoms with van der Waals surface area (Å²) in [5, 5.41) is 1.41. The van der Waals surface area contributed by atoms with Crippen LogP contribution in [0.3, 0.4) is 0 Å². The van der Waals surface area contributed by atoms with Crippen LogP contribution < -0.4 is 10.7 Å². The first-order chi connectivity index (χ1) is 15.3. The fraction of sp³-hybridized carbons (Fsp3) is 0.227. The van der Waals surface area contributed by atoms with Gasteiger partial charge in [-0.3, -0.25) is 4.99 Å². The lowest BCUT2D eigenvalue weighted by atomic mass is 9.93. The Bertz CT molecular complexity index is 1270. The SMILES string of the molecule is C=C/C(=C\C)c1c2cc(F)c(=NCC(F)(F)F)cc-2oc2cc(NCC(F)(F)F)c(F)cc12. The van der Waals surface area contributed by atoms with Crippen molar-refractivity contribution in [3.63, 3.8) is 0 Å². The number of hydrogen-bond donors (Lipinski definition) is 1. The lowest BCUT2D eigenvalue weighted by Gasteiger charge is -2.18. The maximum atomic E-state index is 14.6. The summed E-state index contributed by atoms with van der Waals surface area (Å²) in [6.45, 7) is 2.14. The Balaban J connectivity index is 2.33. The maximum absolute atomic E-state index is 14.6. The fourth-order valence-corrected chi connectivity index (χ4v) is 3.22. The molecule has 0 fully saturated rings. The molecule has 0 bridgehead atoms. The van der Waals surface area contributed by atoms with Crippen molar-refractivity contribution in [3.05, 3.63) is 65.6 Å². The molecular weight excluding hydrogens is 460 g/mol. The van der Waals surface area contributed by atoms with Crippen LogP contribution in [0.25, 0.3) is 27.9 Å². The van der Waals surface area contributed by atoms with Crippen molar-refractivity contribution in [2.75, 3.05) is 18.4 Å². The zero-order valence-electron chi connectivity index (χ0n) is 17.0. The predicted molar refractivity (Wildman–Crippen MR) is 108 cm³/mol. The first-order valence-electron chi connectivity index (χ1n) is 9.39. The lowest BCUT2D eigenvalue weighted by Crippen LogP contribution is -2.21. The molecule has 1 N–H and O–H groups in total. The number of anilines is 1. The van der Waals surface area contributed by atoms with Crippen LogP contribution in [0.2, 0.25) is 0 Å². The number of benzene rings is 2. The van der Waals surface area contributed by atoms with E-state index in [4.69, 9.17) is 4.42 Å². The third-order valence-corrected chi connectivity index (χ3v) is 4.60. The zero-order valence-corrected chi connectivity index (χ0v) is 17.0. The van der Waals surface area contributed by atoms with Gasteiger partial charge >= 0.3 is 12.4 Å². The molecule has 0 atom stereocenters. The first kappa shape index (κ1) is 24.3. The molecule has 11 heteroatoms. The maximum Gasteiger partial charge on any atom is 0.407 e. The average molecular weight is 476 g/mol. The summed E-state index contributed by atoms with van der Waals surface area (Å²) in [4.78, 5) is 3.22. The molecule has 1 aromatic rings. The molecule has 1 aromatic carbocycles. The zero-order chi connectivity index (χ0) is 24.6. The lowest BCUT2D eigenvalue weighted by molar-refractivity contribution is -0.118. The Morgan fingerprint density at radius 3 is 2.30 bits per heavy atom. The van der Waals surface area contributed by atoms with Gasteiger partial charge in [0.15, 0.2) is 0 Å². The molecular formula is C22H16F8N2O. The molecule has 0 radical (unpaired) electrons. The second kappa shape index (κ2) is 8.87. The van der Waals surface area contributed by atoms with Crippen LogP contribution in [0.4, 0.5) is 40.8 Å². The van der Waals surface area contributed by atoms with Gasteiger partial charge in [0, 0.05) is 28.6 Å². The van der Waals surface area contributed by atoms with E-state index in [1.54, 1.807) is 13.0 Å². The van der Waals surface area contributed by atoms with E-state index in [0.717, 1.165) is 24.3 Å². The van der Waals surface area contributed by atoms with Gasteiger partial charge in [0.05, 0.1) is 11.0 Å². The Morgan fingerprint density at radius 1 is 1.03 bits per heavy atom. The van der Waals surface area contributed by atoms with Gasteiger partial charge in [0.2, 0.25) is 0 Å². The summed E-state index contributed by atoms with van der Waals surface area (Å²) in [6.07, 6.45) is -6.30. The second-order valence-electron chi connectivity index (χ2n) is 6.95. The standard InChI is InChI=1S/C22H16F8N2O/c1-3-11(4-2)20-12-5-14(23)16(31-9-21(25,26)27)7-18(12)33-19-8-17(15(24)6-13(19)20)32-10-22(28,29)30/h3-8,31H,1,9-10H2,2H3/b11-4+,32-17?. The van der Waals surface area contributed by atoms with Gasteiger partial charge in [-0.15, -0.1) is 0 Å². The highest BCUT2D eigenvalue weighted by Crippen LogP contribution is 2.39. The molecule has 0 aromatic heterocycles. The fourth-order valence-electron chi connectivity index (χ4n) is 3.22.